The van der Waals surface area contributed by atoms with E-state index in [9.17, 15) is 0 Å². The van der Waals surface area contributed by atoms with E-state index in [1.54, 1.807) is 12.3 Å². The van der Waals surface area contributed by atoms with Crippen molar-refractivity contribution in [2.45, 2.75) is 18.9 Å². The second-order valence-electron chi connectivity index (χ2n) is 5.12. The molecule has 0 aromatic carbocycles. The van der Waals surface area contributed by atoms with Crippen LogP contribution in [0, 0.1) is 17.2 Å². The van der Waals surface area contributed by atoms with Crippen molar-refractivity contribution in [3.05, 3.63) is 17.8 Å². The lowest BCUT2D eigenvalue weighted by Crippen LogP contribution is -2.53. The summed E-state index contributed by atoms with van der Waals surface area (Å²) in [6.07, 6.45) is 4.13. The minimum atomic E-state index is 0.413. The van der Waals surface area contributed by atoms with Crippen LogP contribution in [0.1, 0.15) is 18.4 Å². The van der Waals surface area contributed by atoms with E-state index in [1.165, 1.54) is 25.9 Å². The van der Waals surface area contributed by atoms with Gasteiger partial charge in [0.15, 0.2) is 5.82 Å². The van der Waals surface area contributed by atoms with Crippen LogP contribution in [0.25, 0.3) is 0 Å². The molecule has 0 aliphatic carbocycles. The molecule has 1 unspecified atom stereocenters. The fourth-order valence-corrected chi connectivity index (χ4v) is 2.99. The van der Waals surface area contributed by atoms with Gasteiger partial charge >= 0.3 is 0 Å². The lowest BCUT2D eigenvalue weighted by atomic mass is 9.84. The molecule has 1 aromatic rings. The molecule has 0 radical (unpaired) electrons. The molecule has 1 atom stereocenters. The van der Waals surface area contributed by atoms with E-state index in [2.05, 4.69) is 21.3 Å². The van der Waals surface area contributed by atoms with Crippen LogP contribution < -0.4 is 11.1 Å². The van der Waals surface area contributed by atoms with Gasteiger partial charge in [-0.1, -0.05) is 0 Å². The summed E-state index contributed by atoms with van der Waals surface area (Å²) in [5.41, 5.74) is 6.91. The smallest absolute Gasteiger partial charge is 0.150 e. The Hall–Kier alpha value is -1.80. The molecule has 0 amide bonds. The summed E-state index contributed by atoms with van der Waals surface area (Å²) in [5, 5.41) is 12.4. The third-order valence-electron chi connectivity index (χ3n) is 4.09. The quantitative estimate of drug-likeness (QED) is 0.811. The van der Waals surface area contributed by atoms with E-state index in [0.717, 1.165) is 6.54 Å². The maximum absolute atomic E-state index is 8.96. The Balaban J connectivity index is 1.79. The van der Waals surface area contributed by atoms with Crippen molar-refractivity contribution in [2.75, 3.05) is 30.7 Å². The van der Waals surface area contributed by atoms with E-state index < -0.39 is 0 Å². The van der Waals surface area contributed by atoms with Gasteiger partial charge in [0.05, 0.1) is 11.3 Å². The molecule has 5 heteroatoms. The van der Waals surface area contributed by atoms with Crippen LogP contribution in [-0.4, -0.2) is 35.6 Å². The second-order valence-corrected chi connectivity index (χ2v) is 5.12. The number of pyridine rings is 1. The number of fused-ring (bicyclic) bond motifs is 3. The Kier molecular flexibility index (Phi) is 2.80. The standard InChI is InChI=1S/C13H17N5/c14-7-10-1-4-16-13(12(10)15)17-11-8-18-5-2-9(11)3-6-18/h1,4,9,11H,2-3,5-6,8,15H2,(H,16,17). The van der Waals surface area contributed by atoms with Gasteiger partial charge in [-0.25, -0.2) is 4.98 Å². The van der Waals surface area contributed by atoms with Crippen LogP contribution in [0.3, 0.4) is 0 Å². The summed E-state index contributed by atoms with van der Waals surface area (Å²) in [6.45, 7) is 3.48. The number of hydrogen-bond donors (Lipinski definition) is 2. The Bertz CT molecular complexity index is 485. The number of nitrogens with zero attached hydrogens (tertiary/aromatic N) is 3. The topological polar surface area (TPSA) is 78.0 Å². The molecule has 3 saturated heterocycles. The normalized spacial score (nSPS) is 29.8. The predicted molar refractivity (Wildman–Crippen MR) is 69.9 cm³/mol. The van der Waals surface area contributed by atoms with Crippen LogP contribution in [0.2, 0.25) is 0 Å². The van der Waals surface area contributed by atoms with E-state index in [1.807, 2.05) is 0 Å². The maximum Gasteiger partial charge on any atom is 0.150 e. The lowest BCUT2D eigenvalue weighted by Gasteiger charge is -2.45. The Morgan fingerprint density at radius 1 is 1.44 bits per heavy atom. The van der Waals surface area contributed by atoms with E-state index >= 15 is 0 Å². The van der Waals surface area contributed by atoms with E-state index in [0.29, 0.717) is 29.0 Å². The monoisotopic (exact) mass is 243 g/mol. The zero-order chi connectivity index (χ0) is 12.5. The largest absolute Gasteiger partial charge is 0.395 e. The van der Waals surface area contributed by atoms with Crippen LogP contribution in [0.5, 0.6) is 0 Å². The highest BCUT2D eigenvalue weighted by molar-refractivity contribution is 5.69. The molecule has 18 heavy (non-hydrogen) atoms. The average Bonchev–Trinajstić information content (AvgIpc) is 2.42. The van der Waals surface area contributed by atoms with Crippen molar-refractivity contribution in [3.63, 3.8) is 0 Å². The molecule has 4 heterocycles. The molecule has 2 bridgehead atoms. The van der Waals surface area contributed by atoms with Gasteiger partial charge < -0.3 is 16.0 Å². The van der Waals surface area contributed by atoms with Gasteiger partial charge in [0.2, 0.25) is 0 Å². The summed E-state index contributed by atoms with van der Waals surface area (Å²) in [5.74, 6) is 1.37. The number of nitrogen functional groups attached to an aromatic ring is 1. The summed E-state index contributed by atoms with van der Waals surface area (Å²) >= 11 is 0. The number of hydrogen-bond acceptors (Lipinski definition) is 5. The van der Waals surface area contributed by atoms with Gasteiger partial charge in [0.1, 0.15) is 6.07 Å². The zero-order valence-corrected chi connectivity index (χ0v) is 10.3. The minimum absolute atomic E-state index is 0.413. The molecule has 4 rings (SSSR count). The summed E-state index contributed by atoms with van der Waals surface area (Å²) < 4.78 is 0. The number of aromatic nitrogens is 1. The van der Waals surface area contributed by atoms with Crippen molar-refractivity contribution in [1.82, 2.24) is 9.88 Å². The van der Waals surface area contributed by atoms with E-state index in [4.69, 9.17) is 11.0 Å². The predicted octanol–water partition coefficient (Wildman–Crippen LogP) is 1.04. The first-order valence-corrected chi connectivity index (χ1v) is 6.41. The highest BCUT2D eigenvalue weighted by Gasteiger charge is 2.34. The molecule has 0 spiro atoms. The van der Waals surface area contributed by atoms with Gasteiger partial charge in [-0.2, -0.15) is 5.26 Å². The van der Waals surface area contributed by atoms with Crippen LogP contribution >= 0.6 is 0 Å². The second kappa shape index (κ2) is 4.46. The highest BCUT2D eigenvalue weighted by atomic mass is 15.2. The number of nitriles is 1. The Labute approximate surface area is 107 Å². The van der Waals surface area contributed by atoms with Crippen LogP contribution in [0.4, 0.5) is 11.5 Å². The zero-order valence-electron chi connectivity index (χ0n) is 10.3. The molecule has 5 nitrogen and oxygen atoms in total. The fourth-order valence-electron chi connectivity index (χ4n) is 2.99. The Morgan fingerprint density at radius 2 is 2.22 bits per heavy atom. The summed E-state index contributed by atoms with van der Waals surface area (Å²) in [7, 11) is 0. The molecular weight excluding hydrogens is 226 g/mol. The molecule has 3 aliphatic rings. The van der Waals surface area contributed by atoms with Crippen LogP contribution in [0.15, 0.2) is 12.3 Å². The van der Waals surface area contributed by atoms with Gasteiger partial charge in [-0.3, -0.25) is 0 Å². The molecular formula is C13H17N5. The number of rotatable bonds is 2. The third kappa shape index (κ3) is 1.89. The molecule has 0 saturated carbocycles. The van der Waals surface area contributed by atoms with Crippen molar-refractivity contribution in [2.24, 2.45) is 5.92 Å². The first-order chi connectivity index (χ1) is 8.78. The van der Waals surface area contributed by atoms with E-state index in [-0.39, 0.29) is 0 Å². The van der Waals surface area contributed by atoms with Crippen LogP contribution in [-0.2, 0) is 0 Å². The molecule has 1 aromatic heterocycles. The Morgan fingerprint density at radius 3 is 2.83 bits per heavy atom. The highest BCUT2D eigenvalue weighted by Crippen LogP contribution is 2.30. The first kappa shape index (κ1) is 11.3. The van der Waals surface area contributed by atoms with Crippen molar-refractivity contribution in [1.29, 1.82) is 5.26 Å². The SMILES string of the molecule is N#Cc1ccnc(NC2CN3CCC2CC3)c1N. The number of nitrogens with one attached hydrogen (secondary N) is 1. The van der Waals surface area contributed by atoms with Crippen molar-refractivity contribution in [3.8, 4) is 6.07 Å². The van der Waals surface area contributed by atoms with Gasteiger partial charge in [-0.15, -0.1) is 0 Å². The maximum atomic E-state index is 8.96. The first-order valence-electron chi connectivity index (χ1n) is 6.41. The lowest BCUT2D eigenvalue weighted by molar-refractivity contribution is 0.0974. The average molecular weight is 243 g/mol. The van der Waals surface area contributed by atoms with Crippen molar-refractivity contribution < 1.29 is 0 Å². The third-order valence-corrected chi connectivity index (χ3v) is 4.09. The number of piperidine rings is 3. The van der Waals surface area contributed by atoms with Gasteiger partial charge in [-0.05, 0) is 37.9 Å². The van der Waals surface area contributed by atoms with Crippen molar-refractivity contribution >= 4 is 11.5 Å². The number of anilines is 2. The molecule has 3 N–H and O–H groups in total. The summed E-state index contributed by atoms with van der Waals surface area (Å²) in [6, 6.07) is 4.15. The van der Waals surface area contributed by atoms with Gasteiger partial charge in [0.25, 0.3) is 0 Å². The summed E-state index contributed by atoms with van der Waals surface area (Å²) in [4.78, 5) is 6.73. The molecule has 3 fully saturated rings. The fraction of sp³-hybridized carbons (Fsp3) is 0.538. The molecule has 94 valence electrons. The minimum Gasteiger partial charge on any atom is -0.395 e. The molecule has 3 aliphatic heterocycles. The number of nitrogens with two attached hydrogens (primary N) is 1. The van der Waals surface area contributed by atoms with Gasteiger partial charge in [0, 0.05) is 18.8 Å².